The molecule has 10 atom stereocenters. The van der Waals surface area contributed by atoms with Crippen molar-refractivity contribution >= 4 is 81.3 Å². The maximum atomic E-state index is 14.6. The molecular formula is C65H89ClN6O15. The highest BCUT2D eigenvalue weighted by Crippen LogP contribution is 2.50. The summed E-state index contributed by atoms with van der Waals surface area (Å²) in [6, 6.07) is 8.41. The number of hydrogen-bond acceptors (Lipinski definition) is 16. The number of carbonyl (C=O) groups excluding carboxylic acids is 8. The van der Waals surface area contributed by atoms with E-state index in [0.717, 1.165) is 11.1 Å². The van der Waals surface area contributed by atoms with Gasteiger partial charge in [0, 0.05) is 69.8 Å². The van der Waals surface area contributed by atoms with Crippen LogP contribution in [0.3, 0.4) is 0 Å². The molecule has 22 heteroatoms. The SMILES string of the molecule is CCC(CC)C(=O)OC(C)CCCCC(=O)C[C@H](C(=O)N[C@@H](CCCNC(N)=O)C(=O)Cc1ccc(NC(=O)O[C@H]2CC(=O)N(C)c3cc(cc(OC)c3Cl)C/C(C)=C/C=C/[C@@H](OC)[C@]3(O)CC(=O)O[C@@H](C3)[C@@H](C)[C@@H]3O[C@@]23C)c2ncccc12)C(C)C. The smallest absolute Gasteiger partial charge is 0.412 e. The molecule has 6 rings (SSSR count). The predicted octanol–water partition coefficient (Wildman–Crippen LogP) is 9.38. The summed E-state index contributed by atoms with van der Waals surface area (Å²) in [5.74, 6) is -3.65. The molecule has 1 aromatic heterocycles. The first-order valence-corrected chi connectivity index (χ1v) is 30.7. The number of nitrogens with zero attached hydrogens (tertiary/aromatic N) is 2. The number of rotatable bonds is 25. The number of unbranched alkanes of at least 4 members (excludes halogenated alkanes) is 1. The average Bonchev–Trinajstić information content (AvgIpc) is 1.61. The lowest BCUT2D eigenvalue weighted by Gasteiger charge is -2.41. The first kappa shape index (κ1) is 69.2. The highest BCUT2D eigenvalue weighted by atomic mass is 35.5. The van der Waals surface area contributed by atoms with E-state index in [-0.39, 0.29) is 97.7 Å². The molecule has 4 heterocycles. The van der Waals surface area contributed by atoms with Gasteiger partial charge in [0.05, 0.1) is 61.0 Å². The monoisotopic (exact) mass is 1230 g/mol. The van der Waals surface area contributed by atoms with Crippen LogP contribution in [0.25, 0.3) is 10.9 Å². The number of amides is 5. The quantitative estimate of drug-likeness (QED) is 0.0228. The number of ketones is 2. The Hall–Kier alpha value is -6.94. The Balaban J connectivity index is 1.21. The zero-order valence-electron chi connectivity index (χ0n) is 52.2. The van der Waals surface area contributed by atoms with Gasteiger partial charge < -0.3 is 54.8 Å². The lowest BCUT2D eigenvalue weighted by molar-refractivity contribution is -0.187. The van der Waals surface area contributed by atoms with Crippen LogP contribution in [0.5, 0.6) is 5.75 Å². The van der Waals surface area contributed by atoms with Crippen LogP contribution in [0.2, 0.25) is 5.02 Å². The summed E-state index contributed by atoms with van der Waals surface area (Å²) in [7, 11) is 4.48. The van der Waals surface area contributed by atoms with Gasteiger partial charge in [-0.05, 0) is 113 Å². The van der Waals surface area contributed by atoms with Crippen molar-refractivity contribution < 1.29 is 71.9 Å². The van der Waals surface area contributed by atoms with Crippen LogP contribution in [-0.2, 0) is 65.3 Å². The molecule has 3 aromatic rings. The maximum absolute atomic E-state index is 14.6. The molecule has 3 aliphatic heterocycles. The number of primary amides is 1. The van der Waals surface area contributed by atoms with Gasteiger partial charge in [-0.15, -0.1) is 0 Å². The summed E-state index contributed by atoms with van der Waals surface area (Å²) in [5.41, 5.74) is 5.38. The Morgan fingerprint density at radius 3 is 2.43 bits per heavy atom. The zero-order chi connectivity index (χ0) is 63.9. The molecule has 5 amide bonds. The van der Waals surface area contributed by atoms with Gasteiger partial charge in [-0.3, -0.25) is 39.1 Å². The lowest BCUT2D eigenvalue weighted by atomic mass is 9.78. The molecule has 476 valence electrons. The van der Waals surface area contributed by atoms with E-state index >= 15 is 0 Å². The van der Waals surface area contributed by atoms with Crippen molar-refractivity contribution in [3.05, 3.63) is 82.5 Å². The van der Waals surface area contributed by atoms with Crippen molar-refractivity contribution in [3.8, 4) is 5.75 Å². The number of ether oxygens (including phenoxy) is 6. The van der Waals surface area contributed by atoms with Crippen LogP contribution in [-0.4, -0.2) is 133 Å². The molecule has 87 heavy (non-hydrogen) atoms. The van der Waals surface area contributed by atoms with Crippen molar-refractivity contribution in [2.75, 3.05) is 38.0 Å². The second-order valence-corrected chi connectivity index (χ2v) is 24.4. The molecule has 21 nitrogen and oxygen atoms in total. The maximum Gasteiger partial charge on any atom is 0.412 e. The third-order valence-corrected chi connectivity index (χ3v) is 17.5. The zero-order valence-corrected chi connectivity index (χ0v) is 52.9. The summed E-state index contributed by atoms with van der Waals surface area (Å²) in [6.45, 7) is 15.0. The number of hydrogen-bond donors (Lipinski definition) is 5. The van der Waals surface area contributed by atoms with E-state index < -0.39 is 89.8 Å². The second-order valence-electron chi connectivity index (χ2n) is 24.0. The topological polar surface area (TPSA) is 294 Å². The fourth-order valence-electron chi connectivity index (χ4n) is 11.7. The number of methoxy groups -OCH3 is 2. The number of epoxide rings is 1. The van der Waals surface area contributed by atoms with E-state index in [4.69, 9.17) is 45.8 Å². The molecular weight excluding hydrogens is 1140 g/mol. The van der Waals surface area contributed by atoms with Crippen LogP contribution < -0.4 is 31.3 Å². The average molecular weight is 1230 g/mol. The lowest BCUT2D eigenvalue weighted by Crippen LogP contribution is -2.53. The van der Waals surface area contributed by atoms with Gasteiger partial charge >= 0.3 is 24.1 Å². The molecule has 0 saturated carbocycles. The number of carbonyl (C=O) groups is 8. The van der Waals surface area contributed by atoms with Crippen molar-refractivity contribution in [2.45, 2.75) is 193 Å². The van der Waals surface area contributed by atoms with Crippen molar-refractivity contribution in [1.82, 2.24) is 15.6 Å². The fourth-order valence-corrected chi connectivity index (χ4v) is 12.1. The molecule has 0 radical (unpaired) electrons. The Labute approximate surface area is 515 Å². The number of fused-ring (bicyclic) bond motifs is 6. The normalized spacial score (nSPS) is 24.3. The Kier molecular flexibility index (Phi) is 24.9. The Bertz CT molecular complexity index is 3040. The van der Waals surface area contributed by atoms with Gasteiger partial charge in [-0.2, -0.15) is 0 Å². The number of esters is 2. The minimum atomic E-state index is -1.65. The van der Waals surface area contributed by atoms with E-state index in [1.165, 1.54) is 25.3 Å². The van der Waals surface area contributed by atoms with Gasteiger partial charge in [-0.1, -0.05) is 82.2 Å². The summed E-state index contributed by atoms with van der Waals surface area (Å²) in [5, 5.41) is 21.0. The third-order valence-electron chi connectivity index (χ3n) is 17.1. The summed E-state index contributed by atoms with van der Waals surface area (Å²) in [4.78, 5) is 114. The standard InChI is InChI=1S/C65H89ClN6O15/c1-12-42(13-2)61(78)84-39(6)20-14-15-21-44(73)33-46(37(3)4)60(77)70-47(23-18-28-69-62(67)79)50(74)32-43-25-26-48(58-45(43)22-17-27-68-58)71-63(80)86-54-34-55(75)72(9)49-30-41(31-51(82-10)57(49)66)29-38(5)19-16-24-53(83-11)65(81)35-52(85-56(76)36-65)40(7)59-64(54,8)87-59/h16-17,19,22,24-27,30-31,37,39-40,42,46-47,52-54,59,81H,12-15,18,20-21,23,28-29,32-36H2,1-11H3,(H,70,77)(H,71,80)(H3,67,69,79)/b24-16+,38-19+/t39?,40-,46+,47+,52+,53-,54+,59+,64+,65-/m1/s1. The van der Waals surface area contributed by atoms with Crippen LogP contribution in [0.1, 0.15) is 144 Å². The van der Waals surface area contributed by atoms with E-state index in [2.05, 4.69) is 20.9 Å². The van der Waals surface area contributed by atoms with Crippen LogP contribution in [0.15, 0.2) is 66.4 Å². The molecule has 2 fully saturated rings. The van der Waals surface area contributed by atoms with Crippen LogP contribution in [0.4, 0.5) is 21.0 Å². The molecule has 0 aliphatic carbocycles. The summed E-state index contributed by atoms with van der Waals surface area (Å²) >= 11 is 6.89. The van der Waals surface area contributed by atoms with Crippen molar-refractivity contribution in [1.29, 1.82) is 0 Å². The molecule has 1 unspecified atom stereocenters. The predicted molar refractivity (Wildman–Crippen MR) is 329 cm³/mol. The number of aromatic nitrogens is 1. The highest BCUT2D eigenvalue weighted by molar-refractivity contribution is 6.35. The number of aliphatic hydroxyl groups is 1. The number of halogens is 1. The number of nitrogens with one attached hydrogen (secondary N) is 3. The molecule has 3 aliphatic rings. The van der Waals surface area contributed by atoms with E-state index in [1.807, 2.05) is 47.6 Å². The third kappa shape index (κ3) is 18.3. The largest absolute Gasteiger partial charge is 0.495 e. The number of Topliss-reactive ketones (excluding diaryl/α,β-unsaturated/α-hetero) is 2. The second kappa shape index (κ2) is 31.3. The number of pyridine rings is 1. The van der Waals surface area contributed by atoms with E-state index in [0.29, 0.717) is 66.4 Å². The van der Waals surface area contributed by atoms with E-state index in [9.17, 15) is 43.5 Å². The van der Waals surface area contributed by atoms with Crippen molar-refractivity contribution in [3.63, 3.8) is 0 Å². The molecule has 6 N–H and O–H groups in total. The number of nitrogens with two attached hydrogens (primary N) is 1. The van der Waals surface area contributed by atoms with Gasteiger partial charge in [-0.25, -0.2) is 9.59 Å². The van der Waals surface area contributed by atoms with Crippen molar-refractivity contribution in [2.24, 2.45) is 29.4 Å². The summed E-state index contributed by atoms with van der Waals surface area (Å²) in [6.07, 6.45) is 5.17. The molecule has 2 aromatic carbocycles. The molecule has 0 spiro atoms. The van der Waals surface area contributed by atoms with Crippen LogP contribution in [0, 0.1) is 23.7 Å². The highest BCUT2D eigenvalue weighted by Gasteiger charge is 2.64. The minimum absolute atomic E-state index is 0.00546. The Morgan fingerprint density at radius 2 is 1.75 bits per heavy atom. The first-order chi connectivity index (χ1) is 41.2. The number of allylic oxidation sites excluding steroid dienone is 3. The Morgan fingerprint density at radius 1 is 1.01 bits per heavy atom. The first-order valence-electron chi connectivity index (χ1n) is 30.3. The number of anilines is 2. The van der Waals surface area contributed by atoms with Gasteiger partial charge in [0.25, 0.3) is 0 Å². The van der Waals surface area contributed by atoms with Gasteiger partial charge in [0.1, 0.15) is 46.1 Å². The number of urea groups is 1. The van der Waals surface area contributed by atoms with Gasteiger partial charge in [0.2, 0.25) is 11.8 Å². The minimum Gasteiger partial charge on any atom is -0.495 e. The summed E-state index contributed by atoms with van der Waals surface area (Å²) < 4.78 is 35.5. The fraction of sp³-hybridized carbons (Fsp3) is 0.585. The molecule has 4 bridgehead atoms. The van der Waals surface area contributed by atoms with Crippen LogP contribution >= 0.6 is 11.6 Å². The molecule has 2 saturated heterocycles. The van der Waals surface area contributed by atoms with E-state index in [1.54, 1.807) is 69.4 Å². The van der Waals surface area contributed by atoms with Gasteiger partial charge in [0.15, 0.2) is 5.78 Å². The number of benzene rings is 2.